The Morgan fingerprint density at radius 2 is 2.10 bits per heavy atom. The lowest BCUT2D eigenvalue weighted by molar-refractivity contribution is 0.379. The highest BCUT2D eigenvalue weighted by molar-refractivity contribution is 5.61. The highest BCUT2D eigenvalue weighted by atomic mass is 16.5. The van der Waals surface area contributed by atoms with Crippen LogP contribution >= 0.6 is 0 Å². The summed E-state index contributed by atoms with van der Waals surface area (Å²) in [6, 6.07) is 9.52. The van der Waals surface area contributed by atoms with Crippen LogP contribution in [0.3, 0.4) is 0 Å². The monoisotopic (exact) mass is 267 g/mol. The lowest BCUT2D eigenvalue weighted by atomic mass is 9.83. The average Bonchev–Trinajstić information content (AvgIpc) is 2.79. The second kappa shape index (κ2) is 4.31. The van der Waals surface area contributed by atoms with Crippen LogP contribution in [0.2, 0.25) is 0 Å². The third-order valence-corrected chi connectivity index (χ3v) is 3.44. The van der Waals surface area contributed by atoms with Gasteiger partial charge in [0.2, 0.25) is 11.8 Å². The molecule has 0 aliphatic carbocycles. The number of nitrogens with zero attached hydrogens (tertiary/aromatic N) is 2. The van der Waals surface area contributed by atoms with E-state index in [0.29, 0.717) is 17.1 Å². The predicted molar refractivity (Wildman–Crippen MR) is 73.5 cm³/mol. The van der Waals surface area contributed by atoms with Crippen molar-refractivity contribution < 1.29 is 4.74 Å². The van der Waals surface area contributed by atoms with Crippen LogP contribution in [0.15, 0.2) is 35.7 Å². The van der Waals surface area contributed by atoms with E-state index in [0.717, 1.165) is 16.8 Å². The molecule has 0 radical (unpaired) electrons. The van der Waals surface area contributed by atoms with Gasteiger partial charge in [0.1, 0.15) is 11.6 Å². The normalized spacial score (nSPS) is 17.3. The number of nitrogens with one attached hydrogen (secondary N) is 1. The Morgan fingerprint density at radius 1 is 1.35 bits per heavy atom. The van der Waals surface area contributed by atoms with E-state index in [9.17, 15) is 5.26 Å². The minimum Gasteiger partial charge on any atom is -0.420 e. The van der Waals surface area contributed by atoms with Crippen molar-refractivity contribution in [3.63, 3.8) is 0 Å². The van der Waals surface area contributed by atoms with E-state index in [1.807, 2.05) is 25.1 Å². The van der Waals surface area contributed by atoms with E-state index in [2.05, 4.69) is 16.3 Å². The molecule has 0 bridgehead atoms. The Bertz CT molecular complexity index is 753. The number of hydrogen-bond donors (Lipinski definition) is 3. The Labute approximate surface area is 115 Å². The molecular formula is C14H13N5O. The Balaban J connectivity index is 2.29. The summed E-state index contributed by atoms with van der Waals surface area (Å²) in [5.74, 6) is 0.107. The SMILES string of the molecule is Cc1[nH]nc2c1C(c1ccccc1N)C(C#N)=C(N)O2. The fourth-order valence-corrected chi connectivity index (χ4v) is 2.48. The first-order chi connectivity index (χ1) is 9.63. The van der Waals surface area contributed by atoms with Crippen molar-refractivity contribution in [2.45, 2.75) is 12.8 Å². The summed E-state index contributed by atoms with van der Waals surface area (Å²) >= 11 is 0. The molecule has 20 heavy (non-hydrogen) atoms. The standard InChI is InChI=1S/C14H13N5O/c1-7-11-12(8-4-2-3-5-10(8)16)9(6-15)13(17)20-14(11)19-18-7/h2-5,12H,16-17H2,1H3,(H,18,19). The van der Waals surface area contributed by atoms with Crippen molar-refractivity contribution >= 4 is 5.69 Å². The number of hydrogen-bond acceptors (Lipinski definition) is 5. The number of nitriles is 1. The maximum absolute atomic E-state index is 9.40. The summed E-state index contributed by atoms with van der Waals surface area (Å²) in [5, 5.41) is 16.3. The lowest BCUT2D eigenvalue weighted by Gasteiger charge is -2.24. The smallest absolute Gasteiger partial charge is 0.244 e. The van der Waals surface area contributed by atoms with Gasteiger partial charge >= 0.3 is 0 Å². The molecule has 1 aliphatic heterocycles. The molecule has 0 spiro atoms. The first kappa shape index (κ1) is 12.1. The summed E-state index contributed by atoms with van der Waals surface area (Å²) in [6.07, 6.45) is 0. The Kier molecular flexibility index (Phi) is 2.61. The molecular weight excluding hydrogens is 254 g/mol. The van der Waals surface area contributed by atoms with Gasteiger partial charge in [-0.2, -0.15) is 5.26 Å². The fraction of sp³-hybridized carbons (Fsp3) is 0.143. The number of para-hydroxylation sites is 1. The molecule has 0 saturated carbocycles. The van der Waals surface area contributed by atoms with Crippen molar-refractivity contribution in [3.05, 3.63) is 52.5 Å². The number of aryl methyl sites for hydroxylation is 1. The van der Waals surface area contributed by atoms with Gasteiger partial charge in [-0.3, -0.25) is 5.10 Å². The third kappa shape index (κ3) is 1.61. The number of benzene rings is 1. The molecule has 3 rings (SSSR count). The van der Waals surface area contributed by atoms with Crippen LogP contribution in [0.4, 0.5) is 5.69 Å². The van der Waals surface area contributed by atoms with Gasteiger partial charge in [0.05, 0.1) is 5.92 Å². The zero-order chi connectivity index (χ0) is 14.3. The van der Waals surface area contributed by atoms with Gasteiger partial charge in [-0.1, -0.05) is 18.2 Å². The van der Waals surface area contributed by atoms with Crippen LogP contribution < -0.4 is 16.2 Å². The van der Waals surface area contributed by atoms with E-state index in [-0.39, 0.29) is 11.8 Å². The minimum absolute atomic E-state index is 0.0692. The van der Waals surface area contributed by atoms with Crippen molar-refractivity contribution in [2.75, 3.05) is 5.73 Å². The largest absolute Gasteiger partial charge is 0.420 e. The molecule has 1 aromatic heterocycles. The number of H-pyrrole nitrogens is 1. The van der Waals surface area contributed by atoms with Crippen LogP contribution in [0.5, 0.6) is 5.88 Å². The molecule has 0 fully saturated rings. The average molecular weight is 267 g/mol. The fourth-order valence-electron chi connectivity index (χ4n) is 2.48. The van der Waals surface area contributed by atoms with E-state index in [1.54, 1.807) is 6.07 Å². The zero-order valence-electron chi connectivity index (χ0n) is 10.8. The maximum atomic E-state index is 9.40. The van der Waals surface area contributed by atoms with Gasteiger partial charge in [-0.15, -0.1) is 5.10 Å². The number of ether oxygens (including phenoxy) is 1. The van der Waals surface area contributed by atoms with Gasteiger partial charge < -0.3 is 16.2 Å². The first-order valence-electron chi connectivity index (χ1n) is 6.10. The summed E-state index contributed by atoms with van der Waals surface area (Å²) < 4.78 is 5.40. The van der Waals surface area contributed by atoms with E-state index in [1.165, 1.54) is 0 Å². The van der Waals surface area contributed by atoms with E-state index < -0.39 is 0 Å². The quantitative estimate of drug-likeness (QED) is 0.678. The molecule has 1 aliphatic rings. The molecule has 2 aromatic rings. The minimum atomic E-state index is -0.358. The molecule has 0 saturated heterocycles. The topological polar surface area (TPSA) is 114 Å². The van der Waals surface area contributed by atoms with Gasteiger partial charge in [0.15, 0.2) is 0 Å². The number of allylic oxidation sites excluding steroid dienone is 1. The summed E-state index contributed by atoms with van der Waals surface area (Å²) in [5.41, 5.74) is 15.3. The molecule has 6 nitrogen and oxygen atoms in total. The molecule has 1 atom stereocenters. The maximum Gasteiger partial charge on any atom is 0.244 e. The molecule has 2 heterocycles. The molecule has 1 aromatic carbocycles. The molecule has 6 heteroatoms. The zero-order valence-corrected chi connectivity index (χ0v) is 10.8. The van der Waals surface area contributed by atoms with Crippen LogP contribution in [0.25, 0.3) is 0 Å². The second-order valence-electron chi connectivity index (χ2n) is 4.62. The predicted octanol–water partition coefficient (Wildman–Crippen LogP) is 1.52. The number of aromatic amines is 1. The highest BCUT2D eigenvalue weighted by Gasteiger charge is 2.34. The van der Waals surface area contributed by atoms with Gasteiger partial charge in [-0.05, 0) is 18.6 Å². The highest BCUT2D eigenvalue weighted by Crippen LogP contribution is 2.43. The number of fused-ring (bicyclic) bond motifs is 1. The molecule has 100 valence electrons. The number of rotatable bonds is 1. The van der Waals surface area contributed by atoms with Crippen LogP contribution in [-0.2, 0) is 0 Å². The van der Waals surface area contributed by atoms with Crippen LogP contribution in [0, 0.1) is 18.3 Å². The van der Waals surface area contributed by atoms with Crippen LogP contribution in [-0.4, -0.2) is 10.2 Å². The first-order valence-corrected chi connectivity index (χ1v) is 6.10. The number of nitrogens with two attached hydrogens (primary N) is 2. The van der Waals surface area contributed by atoms with Gasteiger partial charge in [-0.25, -0.2) is 0 Å². The van der Waals surface area contributed by atoms with Crippen LogP contribution in [0.1, 0.15) is 22.7 Å². The third-order valence-electron chi connectivity index (χ3n) is 3.44. The summed E-state index contributed by atoms with van der Waals surface area (Å²) in [6.45, 7) is 1.87. The van der Waals surface area contributed by atoms with Crippen molar-refractivity contribution in [1.82, 2.24) is 10.2 Å². The Morgan fingerprint density at radius 3 is 2.80 bits per heavy atom. The van der Waals surface area contributed by atoms with Gasteiger partial charge in [0, 0.05) is 16.9 Å². The Hall–Kier alpha value is -2.94. The van der Waals surface area contributed by atoms with E-state index >= 15 is 0 Å². The lowest BCUT2D eigenvalue weighted by Crippen LogP contribution is -2.21. The van der Waals surface area contributed by atoms with E-state index in [4.69, 9.17) is 16.2 Å². The summed E-state index contributed by atoms with van der Waals surface area (Å²) in [7, 11) is 0. The van der Waals surface area contributed by atoms with Crippen molar-refractivity contribution in [3.8, 4) is 11.9 Å². The molecule has 5 N–H and O–H groups in total. The number of aromatic nitrogens is 2. The summed E-state index contributed by atoms with van der Waals surface area (Å²) in [4.78, 5) is 0. The second-order valence-corrected chi connectivity index (χ2v) is 4.62. The molecule has 1 unspecified atom stereocenters. The number of nitrogen functional groups attached to an aromatic ring is 1. The number of anilines is 1. The van der Waals surface area contributed by atoms with Gasteiger partial charge in [0.25, 0.3) is 0 Å². The van der Waals surface area contributed by atoms with Crippen molar-refractivity contribution in [2.24, 2.45) is 5.73 Å². The molecule has 0 amide bonds. The van der Waals surface area contributed by atoms with Crippen molar-refractivity contribution in [1.29, 1.82) is 5.26 Å².